The number of carbonyl (C=O) groups excluding carboxylic acids is 1. The summed E-state index contributed by atoms with van der Waals surface area (Å²) >= 11 is 1.21. The van der Waals surface area contributed by atoms with Gasteiger partial charge in [0.1, 0.15) is 4.24 Å². The first-order valence-corrected chi connectivity index (χ1v) is 15.6. The minimum absolute atomic E-state index is 0.0366. The lowest BCUT2D eigenvalue weighted by Gasteiger charge is -2.41. The maximum Gasteiger partial charge on any atom is 0.322 e. The molecule has 4 aliphatic rings. The molecule has 2 amide bonds. The van der Waals surface area contributed by atoms with E-state index in [0.29, 0.717) is 27.8 Å². The molecule has 7 nitrogen and oxygen atoms in total. The van der Waals surface area contributed by atoms with E-state index in [0.717, 1.165) is 63.6 Å². The minimum Gasteiger partial charge on any atom is -0.319 e. The Morgan fingerprint density at radius 1 is 0.971 bits per heavy atom. The van der Waals surface area contributed by atoms with E-state index in [-0.39, 0.29) is 12.1 Å². The Hall–Kier alpha value is -1.03. The summed E-state index contributed by atoms with van der Waals surface area (Å²) in [5.74, 6) is 0. The maximum atomic E-state index is 13.6. The number of hydrogen-bond donors (Lipinski definition) is 3. The van der Waals surface area contributed by atoms with Crippen LogP contribution in [0, 0.1) is 0 Å². The number of thioether (sulfide) groups is 1. The fourth-order valence-electron chi connectivity index (χ4n) is 5.84. The third-order valence-electron chi connectivity index (χ3n) is 7.71. The topological polar surface area (TPSA) is 90.5 Å². The molecule has 0 unspecified atom stereocenters. The standard InChI is InChI=1S/C25H42N4O3S2/c1-19-9-8-14-23(33-24(19)34(31,32)28-20-15-17-26-18-16-20)27-25(30)29(21-10-4-2-5-11-21)22-12-6-3-7-13-22/h14,20-22,26,28H,2-13,15-18H2,1H3,(H,27,30). The molecule has 0 bridgehead atoms. The fraction of sp³-hybridized carbons (Fsp3) is 0.800. The highest BCUT2D eigenvalue weighted by molar-refractivity contribution is 8.20. The van der Waals surface area contributed by atoms with E-state index in [1.165, 1.54) is 50.3 Å². The zero-order chi connectivity index (χ0) is 24.0. The first-order chi connectivity index (χ1) is 16.4. The molecule has 2 heterocycles. The first-order valence-electron chi connectivity index (χ1n) is 13.3. The van der Waals surface area contributed by atoms with Crippen molar-refractivity contribution in [2.45, 2.75) is 115 Å². The van der Waals surface area contributed by atoms with E-state index < -0.39 is 10.0 Å². The van der Waals surface area contributed by atoms with Crippen molar-refractivity contribution in [3.05, 3.63) is 20.9 Å². The Morgan fingerprint density at radius 3 is 2.15 bits per heavy atom. The summed E-state index contributed by atoms with van der Waals surface area (Å²) in [5.41, 5.74) is 0.864. The van der Waals surface area contributed by atoms with Crippen molar-refractivity contribution >= 4 is 27.8 Å². The summed E-state index contributed by atoms with van der Waals surface area (Å²) in [7, 11) is -3.63. The summed E-state index contributed by atoms with van der Waals surface area (Å²) in [6, 6.07) is 0.524. The zero-order valence-electron chi connectivity index (χ0n) is 20.6. The van der Waals surface area contributed by atoms with Gasteiger partial charge in [-0.2, -0.15) is 0 Å². The normalized spacial score (nSPS) is 24.4. The summed E-state index contributed by atoms with van der Waals surface area (Å²) in [6.45, 7) is 3.56. The van der Waals surface area contributed by atoms with Crippen LogP contribution in [0.5, 0.6) is 0 Å². The Morgan fingerprint density at radius 2 is 1.56 bits per heavy atom. The third kappa shape index (κ3) is 6.80. The van der Waals surface area contributed by atoms with Crippen molar-refractivity contribution in [1.29, 1.82) is 0 Å². The van der Waals surface area contributed by atoms with Gasteiger partial charge in [-0.1, -0.05) is 56.4 Å². The van der Waals surface area contributed by atoms with Crippen LogP contribution < -0.4 is 15.4 Å². The van der Waals surface area contributed by atoms with Crippen LogP contribution in [0.3, 0.4) is 0 Å². The summed E-state index contributed by atoms with van der Waals surface area (Å²) in [4.78, 5) is 15.8. The van der Waals surface area contributed by atoms with Gasteiger partial charge in [0.05, 0.1) is 5.03 Å². The van der Waals surface area contributed by atoms with Gasteiger partial charge in [0.15, 0.2) is 0 Å². The molecule has 0 atom stereocenters. The third-order valence-corrected chi connectivity index (χ3v) is 11.1. The number of hydrogen-bond acceptors (Lipinski definition) is 5. The number of sulfonamides is 1. The lowest BCUT2D eigenvalue weighted by Crippen LogP contribution is -2.52. The van der Waals surface area contributed by atoms with Crippen LogP contribution in [0.15, 0.2) is 20.9 Å². The number of carbonyl (C=O) groups is 1. The highest BCUT2D eigenvalue weighted by Gasteiger charge is 2.34. The molecule has 0 aromatic carbocycles. The molecule has 3 N–H and O–H groups in total. The molecule has 0 spiro atoms. The Kier molecular flexibility index (Phi) is 9.41. The molecule has 4 rings (SSSR count). The summed E-state index contributed by atoms with van der Waals surface area (Å²) in [6.07, 6.45) is 16.6. The quantitative estimate of drug-likeness (QED) is 0.471. The molecule has 2 saturated carbocycles. The van der Waals surface area contributed by atoms with Gasteiger partial charge in [-0.25, -0.2) is 17.9 Å². The molecular formula is C25H42N4O3S2. The second kappa shape index (κ2) is 12.3. The van der Waals surface area contributed by atoms with Gasteiger partial charge in [0, 0.05) is 18.1 Å². The van der Waals surface area contributed by atoms with E-state index in [9.17, 15) is 13.2 Å². The van der Waals surface area contributed by atoms with Crippen LogP contribution in [0.1, 0.15) is 96.8 Å². The number of amides is 2. The second-order valence-corrected chi connectivity index (χ2v) is 13.3. The molecule has 2 aliphatic carbocycles. The maximum absolute atomic E-state index is 13.6. The molecule has 192 valence electrons. The van der Waals surface area contributed by atoms with Crippen LogP contribution in [-0.4, -0.2) is 50.6 Å². The minimum atomic E-state index is -3.63. The van der Waals surface area contributed by atoms with Gasteiger partial charge in [-0.3, -0.25) is 0 Å². The molecule has 2 aliphatic heterocycles. The van der Waals surface area contributed by atoms with Crippen molar-refractivity contribution in [2.24, 2.45) is 0 Å². The predicted molar refractivity (Wildman–Crippen MR) is 140 cm³/mol. The number of rotatable bonds is 6. The van der Waals surface area contributed by atoms with Gasteiger partial charge in [0.25, 0.3) is 0 Å². The highest BCUT2D eigenvalue weighted by Crippen LogP contribution is 2.37. The second-order valence-electron chi connectivity index (χ2n) is 10.3. The molecule has 3 fully saturated rings. The van der Waals surface area contributed by atoms with Crippen molar-refractivity contribution in [1.82, 2.24) is 20.3 Å². The van der Waals surface area contributed by atoms with Crippen LogP contribution >= 0.6 is 11.8 Å². The number of nitrogens with one attached hydrogen (secondary N) is 3. The Labute approximate surface area is 210 Å². The highest BCUT2D eigenvalue weighted by atomic mass is 32.3. The summed E-state index contributed by atoms with van der Waals surface area (Å²) in [5, 5.41) is 7.09. The predicted octanol–water partition coefficient (Wildman–Crippen LogP) is 4.93. The van der Waals surface area contributed by atoms with Gasteiger partial charge in [0.2, 0.25) is 10.0 Å². The van der Waals surface area contributed by atoms with Crippen molar-refractivity contribution in [3.63, 3.8) is 0 Å². The van der Waals surface area contributed by atoms with E-state index >= 15 is 0 Å². The van der Waals surface area contributed by atoms with E-state index in [4.69, 9.17) is 0 Å². The van der Waals surface area contributed by atoms with E-state index in [1.807, 2.05) is 13.0 Å². The molecule has 34 heavy (non-hydrogen) atoms. The van der Waals surface area contributed by atoms with Crippen LogP contribution in [0.2, 0.25) is 0 Å². The van der Waals surface area contributed by atoms with Crippen molar-refractivity contribution in [2.75, 3.05) is 13.1 Å². The average Bonchev–Trinajstić information content (AvgIpc) is 3.02. The number of urea groups is 1. The van der Waals surface area contributed by atoms with Gasteiger partial charge >= 0.3 is 6.03 Å². The molecule has 0 radical (unpaired) electrons. The fourth-order valence-corrected chi connectivity index (χ4v) is 8.85. The molecule has 0 aromatic rings. The summed E-state index contributed by atoms with van der Waals surface area (Å²) < 4.78 is 29.9. The molecule has 1 saturated heterocycles. The van der Waals surface area contributed by atoms with Crippen LogP contribution in [0.4, 0.5) is 4.79 Å². The van der Waals surface area contributed by atoms with Gasteiger partial charge in [-0.15, -0.1) is 0 Å². The lowest BCUT2D eigenvalue weighted by atomic mass is 9.89. The van der Waals surface area contributed by atoms with E-state index in [2.05, 4.69) is 20.3 Å². The largest absolute Gasteiger partial charge is 0.322 e. The molecule has 0 aromatic heterocycles. The SMILES string of the molecule is CC1=C(S(=O)(=O)NC2CCNCC2)SC(NC(=O)N(C2CCCCC2)C2CCCCC2)=CCC1. The van der Waals surface area contributed by atoms with Gasteiger partial charge in [-0.05, 0) is 77.0 Å². The van der Waals surface area contributed by atoms with Crippen molar-refractivity contribution < 1.29 is 13.2 Å². The van der Waals surface area contributed by atoms with Crippen LogP contribution in [0.25, 0.3) is 0 Å². The first kappa shape index (κ1) is 26.0. The number of nitrogens with zero attached hydrogens (tertiary/aromatic N) is 1. The lowest BCUT2D eigenvalue weighted by molar-refractivity contribution is 0.107. The smallest absolute Gasteiger partial charge is 0.319 e. The monoisotopic (exact) mass is 510 g/mol. The number of piperidine rings is 1. The molecular weight excluding hydrogens is 468 g/mol. The van der Waals surface area contributed by atoms with Crippen molar-refractivity contribution in [3.8, 4) is 0 Å². The Balaban J connectivity index is 1.46. The number of allylic oxidation sites excluding steroid dienone is 2. The van der Waals surface area contributed by atoms with E-state index in [1.54, 1.807) is 0 Å². The zero-order valence-corrected chi connectivity index (χ0v) is 22.2. The van der Waals surface area contributed by atoms with Crippen LogP contribution in [-0.2, 0) is 10.0 Å². The Bertz CT molecular complexity index is 851. The molecule has 9 heteroatoms. The van der Waals surface area contributed by atoms with Gasteiger partial charge < -0.3 is 15.5 Å². The average molecular weight is 511 g/mol.